The summed E-state index contributed by atoms with van der Waals surface area (Å²) in [6.07, 6.45) is 5.28. The molecule has 1 aromatic rings. The molecule has 1 aliphatic carbocycles. The molecular weight excluding hydrogens is 340 g/mol. The van der Waals surface area contributed by atoms with Gasteiger partial charge in [-0.1, -0.05) is 64.3 Å². The van der Waals surface area contributed by atoms with Crippen LogP contribution in [0.2, 0.25) is 0 Å². The first kappa shape index (κ1) is 13.6. The Bertz CT molecular complexity index is 367. The van der Waals surface area contributed by atoms with E-state index in [9.17, 15) is 0 Å². The van der Waals surface area contributed by atoms with Crippen molar-refractivity contribution in [3.63, 3.8) is 0 Å². The summed E-state index contributed by atoms with van der Waals surface area (Å²) in [6, 6.07) is 8.71. The Hall–Kier alpha value is 0.180. The van der Waals surface area contributed by atoms with Gasteiger partial charge in [-0.15, -0.1) is 0 Å². The largest absolute Gasteiger partial charge is 0.0884 e. The lowest BCUT2D eigenvalue weighted by Crippen LogP contribution is -2.27. The van der Waals surface area contributed by atoms with Crippen LogP contribution in [-0.2, 0) is 6.42 Å². The van der Waals surface area contributed by atoms with Crippen LogP contribution in [0.3, 0.4) is 0 Å². The molecule has 0 amide bonds. The zero-order valence-electron chi connectivity index (χ0n) is 10.5. The van der Waals surface area contributed by atoms with Crippen LogP contribution in [0.1, 0.15) is 38.7 Å². The minimum Gasteiger partial charge on any atom is -0.0884 e. The van der Waals surface area contributed by atoms with Crippen LogP contribution in [0.4, 0.5) is 0 Å². The second kappa shape index (κ2) is 5.44. The average Bonchev–Trinajstić information content (AvgIpc) is 2.61. The fourth-order valence-corrected chi connectivity index (χ4v) is 4.63. The molecule has 2 heteroatoms. The summed E-state index contributed by atoms with van der Waals surface area (Å²) in [5.41, 5.74) is 1.93. The molecule has 0 aliphatic heterocycles. The van der Waals surface area contributed by atoms with E-state index >= 15 is 0 Å². The number of alkyl halides is 1. The average molecular weight is 360 g/mol. The number of hydrogen-bond acceptors (Lipinski definition) is 0. The van der Waals surface area contributed by atoms with Crippen molar-refractivity contribution in [3.8, 4) is 0 Å². The molecule has 1 aliphatic rings. The van der Waals surface area contributed by atoms with E-state index in [1.54, 1.807) is 0 Å². The van der Waals surface area contributed by atoms with Gasteiger partial charge in [-0.25, -0.2) is 0 Å². The molecule has 1 saturated carbocycles. The maximum absolute atomic E-state index is 3.92. The van der Waals surface area contributed by atoms with E-state index in [0.717, 1.165) is 16.8 Å². The first-order valence-corrected chi connectivity index (χ1v) is 8.08. The van der Waals surface area contributed by atoms with Crippen molar-refractivity contribution in [1.82, 2.24) is 0 Å². The van der Waals surface area contributed by atoms with Gasteiger partial charge in [-0.3, -0.25) is 0 Å². The molecule has 0 bridgehead atoms. The Kier molecular flexibility index (Phi) is 4.35. The molecule has 94 valence electrons. The lowest BCUT2D eigenvalue weighted by atomic mass is 9.79. The third kappa shape index (κ3) is 3.35. The van der Waals surface area contributed by atoms with Gasteiger partial charge in [-0.2, -0.15) is 0 Å². The highest BCUT2D eigenvalue weighted by molar-refractivity contribution is 9.10. The molecule has 0 saturated heterocycles. The Labute approximate surface area is 121 Å². The topological polar surface area (TPSA) is 0 Å². The highest BCUT2D eigenvalue weighted by atomic mass is 79.9. The maximum atomic E-state index is 3.92. The highest BCUT2D eigenvalue weighted by Crippen LogP contribution is 2.46. The van der Waals surface area contributed by atoms with Crippen molar-refractivity contribution in [2.75, 3.05) is 0 Å². The number of hydrogen-bond donors (Lipinski definition) is 0. The zero-order valence-corrected chi connectivity index (χ0v) is 13.7. The quantitative estimate of drug-likeness (QED) is 0.618. The molecule has 2 rings (SSSR count). The lowest BCUT2D eigenvalue weighted by Gasteiger charge is -2.31. The van der Waals surface area contributed by atoms with Crippen molar-refractivity contribution in [2.45, 2.75) is 44.4 Å². The molecule has 0 spiro atoms. The predicted octanol–water partition coefficient (Wildman–Crippen LogP) is 5.58. The second-order valence-corrected chi connectivity index (χ2v) is 7.93. The normalized spacial score (nSPS) is 24.8. The minimum atomic E-state index is 0.504. The van der Waals surface area contributed by atoms with Crippen LogP contribution in [0.25, 0.3) is 0 Å². The molecule has 2 unspecified atom stereocenters. The Morgan fingerprint density at radius 1 is 1.29 bits per heavy atom. The van der Waals surface area contributed by atoms with Crippen LogP contribution >= 0.6 is 31.9 Å². The van der Waals surface area contributed by atoms with E-state index in [4.69, 9.17) is 0 Å². The van der Waals surface area contributed by atoms with Gasteiger partial charge in [0.15, 0.2) is 0 Å². The number of halogens is 2. The van der Waals surface area contributed by atoms with E-state index in [1.807, 2.05) is 0 Å². The second-order valence-electron chi connectivity index (χ2n) is 5.83. The van der Waals surface area contributed by atoms with E-state index < -0.39 is 0 Å². The van der Waals surface area contributed by atoms with Crippen molar-refractivity contribution in [3.05, 3.63) is 34.3 Å². The third-order valence-corrected chi connectivity index (χ3v) is 5.61. The summed E-state index contributed by atoms with van der Waals surface area (Å²) in [6.45, 7) is 4.83. The zero-order chi connectivity index (χ0) is 12.5. The predicted molar refractivity (Wildman–Crippen MR) is 81.7 cm³/mol. The Balaban J connectivity index is 2.01. The fraction of sp³-hybridized carbons (Fsp3) is 0.600. The van der Waals surface area contributed by atoms with Gasteiger partial charge in [0.1, 0.15) is 0 Å². The van der Waals surface area contributed by atoms with Gasteiger partial charge in [0.25, 0.3) is 0 Å². The molecular formula is C15H20Br2. The Morgan fingerprint density at radius 3 is 2.47 bits per heavy atom. The summed E-state index contributed by atoms with van der Waals surface area (Å²) in [7, 11) is 0. The van der Waals surface area contributed by atoms with E-state index in [0.29, 0.717) is 10.2 Å². The summed E-state index contributed by atoms with van der Waals surface area (Å²) in [4.78, 5) is 0.612. The van der Waals surface area contributed by atoms with Gasteiger partial charge in [0.2, 0.25) is 0 Å². The van der Waals surface area contributed by atoms with E-state index in [2.05, 4.69) is 70.0 Å². The van der Waals surface area contributed by atoms with Crippen molar-refractivity contribution in [1.29, 1.82) is 0 Å². The number of benzene rings is 1. The summed E-state index contributed by atoms with van der Waals surface area (Å²) in [5.74, 6) is 0.811. The smallest absolute Gasteiger partial charge is 0.0219 e. The molecule has 1 aromatic carbocycles. The van der Waals surface area contributed by atoms with Crippen LogP contribution in [0.5, 0.6) is 0 Å². The van der Waals surface area contributed by atoms with Gasteiger partial charge < -0.3 is 0 Å². The molecule has 0 N–H and O–H groups in total. The maximum Gasteiger partial charge on any atom is 0.0219 e. The van der Waals surface area contributed by atoms with E-state index in [-0.39, 0.29) is 0 Å². The fourth-order valence-electron chi connectivity index (χ4n) is 3.01. The molecule has 0 aromatic heterocycles. The first-order valence-electron chi connectivity index (χ1n) is 6.37. The van der Waals surface area contributed by atoms with Crippen molar-refractivity contribution < 1.29 is 0 Å². The molecule has 0 heterocycles. The lowest BCUT2D eigenvalue weighted by molar-refractivity contribution is 0.255. The Morgan fingerprint density at radius 2 is 1.94 bits per heavy atom. The number of rotatable bonds is 3. The van der Waals surface area contributed by atoms with Gasteiger partial charge in [0, 0.05) is 9.30 Å². The monoisotopic (exact) mass is 358 g/mol. The van der Waals surface area contributed by atoms with E-state index in [1.165, 1.54) is 24.8 Å². The minimum absolute atomic E-state index is 0.504. The standard InChI is InChI=1S/C15H20Br2/c1-15(2)9-3-4-13(15)14(17)10-11-5-7-12(16)8-6-11/h5-8,13-14H,3-4,9-10H2,1-2H3. The van der Waals surface area contributed by atoms with Crippen molar-refractivity contribution >= 4 is 31.9 Å². The summed E-state index contributed by atoms with van der Waals surface area (Å²) in [5, 5.41) is 0. The van der Waals surface area contributed by atoms with Gasteiger partial charge in [0.05, 0.1) is 0 Å². The molecule has 0 nitrogen and oxygen atoms in total. The molecule has 2 atom stereocenters. The summed E-state index contributed by atoms with van der Waals surface area (Å²) >= 11 is 7.41. The van der Waals surface area contributed by atoms with Crippen molar-refractivity contribution in [2.24, 2.45) is 11.3 Å². The molecule has 0 radical (unpaired) electrons. The van der Waals surface area contributed by atoms with Crippen LogP contribution < -0.4 is 0 Å². The van der Waals surface area contributed by atoms with Crippen LogP contribution in [-0.4, -0.2) is 4.83 Å². The highest BCUT2D eigenvalue weighted by Gasteiger charge is 2.38. The van der Waals surface area contributed by atoms with Crippen LogP contribution in [0, 0.1) is 11.3 Å². The van der Waals surface area contributed by atoms with Gasteiger partial charge >= 0.3 is 0 Å². The first-order chi connectivity index (χ1) is 7.99. The molecule has 17 heavy (non-hydrogen) atoms. The van der Waals surface area contributed by atoms with Crippen LogP contribution in [0.15, 0.2) is 28.7 Å². The molecule has 1 fully saturated rings. The van der Waals surface area contributed by atoms with Gasteiger partial charge in [-0.05, 0) is 48.3 Å². The SMILES string of the molecule is CC1(C)CCCC1C(Br)Cc1ccc(Br)cc1. The summed E-state index contributed by atoms with van der Waals surface area (Å²) < 4.78 is 1.16. The third-order valence-electron chi connectivity index (χ3n) is 4.12.